The number of benzene rings is 1. The average molecular weight is 1010 g/mol. The molecule has 0 bridgehead atoms. The first-order valence-electron chi connectivity index (χ1n) is 23.6. The highest BCUT2D eigenvalue weighted by Gasteiger charge is 2.55. The maximum Gasteiger partial charge on any atom is 0.342 e. The molecule has 1 aromatic rings. The van der Waals surface area contributed by atoms with Gasteiger partial charge in [-0.05, 0) is 109 Å². The van der Waals surface area contributed by atoms with Crippen LogP contribution in [-0.4, -0.2) is 135 Å². The molecule has 1 aliphatic carbocycles. The van der Waals surface area contributed by atoms with E-state index in [2.05, 4.69) is 0 Å². The van der Waals surface area contributed by atoms with Crippen LogP contribution in [-0.2, 0) is 49.2 Å². The van der Waals surface area contributed by atoms with Gasteiger partial charge >= 0.3 is 11.9 Å². The molecule has 3 fully saturated rings. The molecule has 0 radical (unpaired) electrons. The Labute approximate surface area is 414 Å². The van der Waals surface area contributed by atoms with Gasteiger partial charge in [-0.1, -0.05) is 73.0 Å². The number of phenolic OH excluding ortho intramolecular Hbond substituents is 2. The van der Waals surface area contributed by atoms with Crippen molar-refractivity contribution in [3.63, 3.8) is 0 Å². The molecule has 384 valence electrons. The van der Waals surface area contributed by atoms with E-state index in [1.54, 1.807) is 26.0 Å². The molecule has 0 aromatic heterocycles. The molecule has 69 heavy (non-hydrogen) atoms. The van der Waals surface area contributed by atoms with Crippen molar-refractivity contribution in [2.75, 3.05) is 13.7 Å². The van der Waals surface area contributed by atoms with E-state index < -0.39 is 120 Å². The molecule has 16 nitrogen and oxygen atoms in total. The Kier molecular flexibility index (Phi) is 19.7. The monoisotopic (exact) mass is 1010 g/mol. The van der Waals surface area contributed by atoms with Crippen molar-refractivity contribution in [1.29, 1.82) is 0 Å². The van der Waals surface area contributed by atoms with E-state index in [-0.39, 0.29) is 53.2 Å². The Morgan fingerprint density at radius 2 is 1.59 bits per heavy atom. The third-order valence-electron chi connectivity index (χ3n) is 13.5. The highest BCUT2D eigenvalue weighted by atomic mass is 35.5. The van der Waals surface area contributed by atoms with Crippen molar-refractivity contribution in [2.45, 2.75) is 174 Å². The second kappa shape index (κ2) is 24.2. The summed E-state index contributed by atoms with van der Waals surface area (Å²) < 4.78 is 42.1. The number of hydrogen-bond acceptors (Lipinski definition) is 16. The lowest BCUT2D eigenvalue weighted by Gasteiger charge is -2.49. The molecule has 2 saturated heterocycles. The van der Waals surface area contributed by atoms with Crippen molar-refractivity contribution in [1.82, 2.24) is 0 Å². The van der Waals surface area contributed by atoms with Gasteiger partial charge in [0.05, 0.1) is 47.2 Å². The molecular formula is C51H70Cl2O16. The lowest BCUT2D eigenvalue weighted by atomic mass is 9.77. The molecule has 3 heterocycles. The number of carbonyl (C=O) groups excluding carboxylic acids is 3. The number of halogens is 2. The van der Waals surface area contributed by atoms with E-state index in [9.17, 15) is 45.0 Å². The number of ether oxygens (including phenoxy) is 7. The molecule has 0 spiro atoms. The van der Waals surface area contributed by atoms with Crippen molar-refractivity contribution >= 4 is 40.9 Å². The molecule has 3 aliphatic heterocycles. The SMILES string of the molecule is CCc1c(Cl)c(O)c(Cl)c(O)c1C(=O)OC1C(C)OC(OC/C2=C\C=C\CC(O)/C(C)=C/C(CC)C(OC3OC(C)(C)C(C4CC4)C(O)C3O)/C(C)=C/C(C)=C/CC(C(C)=O)OC2=O)C(OC)C1O. The van der Waals surface area contributed by atoms with Crippen LogP contribution in [0.3, 0.4) is 0 Å². The number of Topliss-reactive ketones (excluding diaryl/α,β-unsaturated/α-hetero) is 1. The number of aliphatic hydroxyl groups excluding tert-OH is 4. The van der Waals surface area contributed by atoms with Gasteiger partial charge in [0, 0.05) is 25.4 Å². The van der Waals surface area contributed by atoms with E-state index >= 15 is 0 Å². The third-order valence-corrected chi connectivity index (χ3v) is 14.2. The van der Waals surface area contributed by atoms with E-state index in [4.69, 9.17) is 56.4 Å². The summed E-state index contributed by atoms with van der Waals surface area (Å²) in [7, 11) is 1.27. The summed E-state index contributed by atoms with van der Waals surface area (Å²) in [5.74, 6) is -4.07. The summed E-state index contributed by atoms with van der Waals surface area (Å²) in [6, 6.07) is 0. The number of rotatable bonds is 12. The van der Waals surface area contributed by atoms with Crippen LogP contribution in [0.15, 0.2) is 58.7 Å². The van der Waals surface area contributed by atoms with Gasteiger partial charge < -0.3 is 63.8 Å². The van der Waals surface area contributed by atoms with Gasteiger partial charge in [-0.2, -0.15) is 0 Å². The zero-order chi connectivity index (χ0) is 51.2. The minimum Gasteiger partial charge on any atom is -0.505 e. The Balaban J connectivity index is 1.37. The lowest BCUT2D eigenvalue weighted by Crippen LogP contribution is -2.60. The van der Waals surface area contributed by atoms with Crippen molar-refractivity contribution in [3.8, 4) is 11.5 Å². The fourth-order valence-electron chi connectivity index (χ4n) is 9.41. The predicted molar refractivity (Wildman–Crippen MR) is 256 cm³/mol. The number of aromatic hydroxyl groups is 2. The first kappa shape index (κ1) is 56.3. The number of esters is 2. The fraction of sp³-hybridized carbons (Fsp3) is 0.627. The molecular weight excluding hydrogens is 939 g/mol. The Bertz CT molecular complexity index is 2180. The molecule has 13 unspecified atom stereocenters. The van der Waals surface area contributed by atoms with Gasteiger partial charge in [-0.3, -0.25) is 4.79 Å². The topological polar surface area (TPSA) is 237 Å². The Hall–Kier alpha value is -3.65. The van der Waals surface area contributed by atoms with Crippen LogP contribution in [0, 0.1) is 17.8 Å². The van der Waals surface area contributed by atoms with Gasteiger partial charge in [0.15, 0.2) is 42.1 Å². The van der Waals surface area contributed by atoms with E-state index in [0.717, 1.165) is 24.0 Å². The Morgan fingerprint density at radius 3 is 2.20 bits per heavy atom. The van der Waals surface area contributed by atoms with E-state index in [1.165, 1.54) is 33.1 Å². The highest BCUT2D eigenvalue weighted by molar-refractivity contribution is 6.39. The predicted octanol–water partition coefficient (Wildman–Crippen LogP) is 6.90. The van der Waals surface area contributed by atoms with Crippen LogP contribution in [0.4, 0.5) is 0 Å². The largest absolute Gasteiger partial charge is 0.505 e. The number of carbonyl (C=O) groups is 3. The van der Waals surface area contributed by atoms with Crippen molar-refractivity contribution < 1.29 is 78.2 Å². The number of phenols is 2. The van der Waals surface area contributed by atoms with Gasteiger partial charge in [0.2, 0.25) is 0 Å². The number of aliphatic hydroxyl groups is 4. The van der Waals surface area contributed by atoms with Crippen LogP contribution in [0.25, 0.3) is 0 Å². The summed E-state index contributed by atoms with van der Waals surface area (Å²) in [5.41, 5.74) is 0.964. The third kappa shape index (κ3) is 13.3. The van der Waals surface area contributed by atoms with Crippen LogP contribution in [0.1, 0.15) is 110 Å². The number of hydrogen-bond donors (Lipinski definition) is 6. The van der Waals surface area contributed by atoms with Gasteiger partial charge in [0.25, 0.3) is 0 Å². The van der Waals surface area contributed by atoms with Gasteiger partial charge in [-0.25, -0.2) is 9.59 Å². The fourth-order valence-corrected chi connectivity index (χ4v) is 9.97. The first-order chi connectivity index (χ1) is 32.5. The number of methoxy groups -OCH3 is 1. The van der Waals surface area contributed by atoms with Gasteiger partial charge in [0.1, 0.15) is 28.9 Å². The minimum absolute atomic E-state index is 0.0172. The summed E-state index contributed by atoms with van der Waals surface area (Å²) in [5, 5.41) is 65.6. The Morgan fingerprint density at radius 1 is 0.913 bits per heavy atom. The molecule has 4 aliphatic rings. The summed E-state index contributed by atoms with van der Waals surface area (Å²) in [4.78, 5) is 40.4. The lowest BCUT2D eigenvalue weighted by molar-refractivity contribution is -0.324. The maximum atomic E-state index is 13.9. The number of cyclic esters (lactones) is 1. The van der Waals surface area contributed by atoms with Crippen LogP contribution in [0.5, 0.6) is 11.5 Å². The molecule has 5 rings (SSSR count). The molecule has 0 amide bonds. The average Bonchev–Trinajstić information content (AvgIpc) is 4.13. The molecule has 18 heteroatoms. The van der Waals surface area contributed by atoms with Crippen molar-refractivity contribution in [3.05, 3.63) is 79.9 Å². The summed E-state index contributed by atoms with van der Waals surface area (Å²) in [6.07, 6.45) is 0.0236. The normalized spacial score (nSPS) is 36.4. The van der Waals surface area contributed by atoms with Crippen molar-refractivity contribution in [2.24, 2.45) is 17.8 Å². The van der Waals surface area contributed by atoms with Crippen LogP contribution >= 0.6 is 23.2 Å². The van der Waals surface area contributed by atoms with E-state index in [0.29, 0.717) is 12.0 Å². The molecule has 1 aromatic carbocycles. The molecule has 13 atom stereocenters. The standard InChI is InChI=1S/C51H70Cl2O16/c1-11-29-22-25(4)33(55)16-14-13-15-31(23-64-50-46(63-10)43(60)45(28(7)65-50)67-48(62)35-32(12-2)37(52)41(58)38(53)39(35)56)47(61)66-34(27(6)54)20-17-24(3)21-26(5)44(29)68-49-42(59)40(57)36(30-18-19-30)51(8,9)69-49/h13-15,17,21-22,28-30,33-34,36,40,42-46,49-50,55-60H,11-12,16,18-20,23H2,1-10H3/b14-13+,24-17+,25-22+,26-21+,31-15+. The zero-order valence-corrected chi connectivity index (χ0v) is 42.5. The van der Waals surface area contributed by atoms with Crippen LogP contribution < -0.4 is 0 Å². The number of ketones is 1. The van der Waals surface area contributed by atoms with Crippen LogP contribution in [0.2, 0.25) is 10.0 Å². The molecule has 1 saturated carbocycles. The first-order valence-corrected chi connectivity index (χ1v) is 24.3. The highest BCUT2D eigenvalue weighted by Crippen LogP contribution is 2.49. The maximum absolute atomic E-state index is 13.9. The smallest absolute Gasteiger partial charge is 0.342 e. The molecule has 6 N–H and O–H groups in total. The number of allylic oxidation sites excluding steroid dienone is 4. The summed E-state index contributed by atoms with van der Waals surface area (Å²) >= 11 is 12.3. The second-order valence-corrected chi connectivity index (χ2v) is 19.8. The minimum atomic E-state index is -1.57. The van der Waals surface area contributed by atoms with E-state index in [1.807, 2.05) is 46.8 Å². The second-order valence-electron chi connectivity index (χ2n) is 19.0. The quantitative estimate of drug-likeness (QED) is 0.0922. The zero-order valence-electron chi connectivity index (χ0n) is 41.0. The van der Waals surface area contributed by atoms with Gasteiger partial charge in [-0.15, -0.1) is 0 Å². The summed E-state index contributed by atoms with van der Waals surface area (Å²) in [6.45, 7) is 15.3.